The number of anilines is 1. The fourth-order valence-electron chi connectivity index (χ4n) is 3.99. The lowest BCUT2D eigenvalue weighted by atomic mass is 10.1. The summed E-state index contributed by atoms with van der Waals surface area (Å²) in [4.78, 5) is 30.5. The van der Waals surface area contributed by atoms with Gasteiger partial charge in [-0.3, -0.25) is 4.79 Å². The van der Waals surface area contributed by atoms with Gasteiger partial charge in [-0.25, -0.2) is 4.79 Å². The van der Waals surface area contributed by atoms with Crippen LogP contribution in [0.15, 0.2) is 54.6 Å². The Hall–Kier alpha value is -4.19. The van der Waals surface area contributed by atoms with Crippen LogP contribution in [-0.2, 0) is 4.79 Å². The lowest BCUT2D eigenvalue weighted by Gasteiger charge is -2.09. The van der Waals surface area contributed by atoms with Gasteiger partial charge in [-0.05, 0) is 73.7 Å². The van der Waals surface area contributed by atoms with Crippen LogP contribution in [0.2, 0.25) is 0 Å². The molecule has 1 aromatic heterocycles. The van der Waals surface area contributed by atoms with Crippen molar-refractivity contribution in [2.45, 2.75) is 37.4 Å². The van der Waals surface area contributed by atoms with E-state index in [9.17, 15) is 18.0 Å². The van der Waals surface area contributed by atoms with Crippen molar-refractivity contribution in [2.24, 2.45) is 5.92 Å². The molecular weight excluding hydrogens is 529 g/mol. The van der Waals surface area contributed by atoms with Crippen molar-refractivity contribution in [1.29, 1.82) is 0 Å². The molecular formula is C28H29F3N4O5. The maximum Gasteiger partial charge on any atom is 0.490 e. The summed E-state index contributed by atoms with van der Waals surface area (Å²) < 4.78 is 42.2. The monoisotopic (exact) mass is 558 g/mol. The SMILES string of the molecule is COc1cc(OC)nc(-c2ccc(NC(=O)c3cccc([C@@H]4C[C@H]4NCC4CC4)c3)cc2)n1.O=C(O)C(F)(F)F. The van der Waals surface area contributed by atoms with Crippen molar-refractivity contribution >= 4 is 17.6 Å². The van der Waals surface area contributed by atoms with E-state index >= 15 is 0 Å². The number of carboxylic acid groups (broad SMARTS) is 1. The molecule has 0 saturated heterocycles. The fourth-order valence-corrected chi connectivity index (χ4v) is 3.99. The molecule has 0 bridgehead atoms. The number of hydrogen-bond acceptors (Lipinski definition) is 7. The first-order valence-electron chi connectivity index (χ1n) is 12.6. The number of benzene rings is 2. The van der Waals surface area contributed by atoms with Gasteiger partial charge in [-0.2, -0.15) is 23.1 Å². The number of carbonyl (C=O) groups excluding carboxylic acids is 1. The third kappa shape index (κ3) is 7.92. The van der Waals surface area contributed by atoms with Crippen LogP contribution in [0.3, 0.4) is 0 Å². The summed E-state index contributed by atoms with van der Waals surface area (Å²) in [5, 5.41) is 13.8. The molecule has 2 aliphatic carbocycles. The number of alkyl halides is 3. The van der Waals surface area contributed by atoms with E-state index in [-0.39, 0.29) is 5.91 Å². The molecule has 0 aliphatic heterocycles. The van der Waals surface area contributed by atoms with E-state index in [1.54, 1.807) is 20.3 Å². The maximum atomic E-state index is 12.9. The first-order valence-corrected chi connectivity index (χ1v) is 12.6. The van der Waals surface area contributed by atoms with E-state index in [1.807, 2.05) is 42.5 Å². The molecule has 1 amide bonds. The largest absolute Gasteiger partial charge is 0.490 e. The van der Waals surface area contributed by atoms with E-state index in [4.69, 9.17) is 19.4 Å². The number of methoxy groups -OCH3 is 2. The van der Waals surface area contributed by atoms with Crippen LogP contribution in [0.25, 0.3) is 11.4 Å². The summed E-state index contributed by atoms with van der Waals surface area (Å²) >= 11 is 0. The molecule has 12 heteroatoms. The summed E-state index contributed by atoms with van der Waals surface area (Å²) in [7, 11) is 3.10. The van der Waals surface area contributed by atoms with Crippen molar-refractivity contribution < 1.29 is 37.3 Å². The molecule has 1 heterocycles. The van der Waals surface area contributed by atoms with Crippen molar-refractivity contribution in [3.8, 4) is 23.1 Å². The van der Waals surface area contributed by atoms with Gasteiger partial charge in [-0.15, -0.1) is 0 Å². The van der Waals surface area contributed by atoms with Crippen molar-refractivity contribution in [3.63, 3.8) is 0 Å². The molecule has 40 heavy (non-hydrogen) atoms. The zero-order valence-corrected chi connectivity index (χ0v) is 21.9. The number of amides is 1. The average molecular weight is 559 g/mol. The van der Waals surface area contributed by atoms with Gasteiger partial charge in [0.25, 0.3) is 5.91 Å². The van der Waals surface area contributed by atoms with Gasteiger partial charge in [0.1, 0.15) is 0 Å². The molecule has 3 aromatic rings. The van der Waals surface area contributed by atoms with E-state index in [1.165, 1.54) is 18.4 Å². The third-order valence-corrected chi connectivity index (χ3v) is 6.47. The molecule has 212 valence electrons. The number of ether oxygens (including phenoxy) is 2. The Morgan fingerprint density at radius 3 is 2.17 bits per heavy atom. The van der Waals surface area contributed by atoms with Gasteiger partial charge in [-0.1, -0.05) is 12.1 Å². The second kappa shape index (κ2) is 12.3. The maximum absolute atomic E-state index is 12.9. The molecule has 0 unspecified atom stereocenters. The quantitative estimate of drug-likeness (QED) is 0.339. The Balaban J connectivity index is 0.000000470. The first kappa shape index (κ1) is 28.8. The van der Waals surface area contributed by atoms with Crippen LogP contribution in [0.1, 0.15) is 41.1 Å². The number of aliphatic carboxylic acids is 1. The number of hydrogen-bond donors (Lipinski definition) is 3. The van der Waals surface area contributed by atoms with Crippen molar-refractivity contribution in [3.05, 3.63) is 65.7 Å². The third-order valence-electron chi connectivity index (χ3n) is 6.47. The van der Waals surface area contributed by atoms with E-state index < -0.39 is 12.1 Å². The van der Waals surface area contributed by atoms with Gasteiger partial charge in [0.15, 0.2) is 5.82 Å². The highest BCUT2D eigenvalue weighted by Gasteiger charge is 2.39. The van der Waals surface area contributed by atoms with Crippen LogP contribution < -0.4 is 20.1 Å². The highest BCUT2D eigenvalue weighted by Crippen LogP contribution is 2.42. The summed E-state index contributed by atoms with van der Waals surface area (Å²) in [6, 6.07) is 17.5. The molecule has 5 rings (SSSR count). The molecule has 0 spiro atoms. The number of rotatable bonds is 9. The summed E-state index contributed by atoms with van der Waals surface area (Å²) in [5.41, 5.74) is 3.41. The van der Waals surface area contributed by atoms with E-state index in [0.717, 1.165) is 24.4 Å². The highest BCUT2D eigenvalue weighted by molar-refractivity contribution is 6.04. The number of aromatic nitrogens is 2. The van der Waals surface area contributed by atoms with Gasteiger partial charge in [0.05, 0.1) is 20.3 Å². The van der Waals surface area contributed by atoms with Crippen LogP contribution >= 0.6 is 0 Å². The summed E-state index contributed by atoms with van der Waals surface area (Å²) in [5.74, 6) is -0.141. The van der Waals surface area contributed by atoms with E-state index in [0.29, 0.717) is 40.8 Å². The van der Waals surface area contributed by atoms with Gasteiger partial charge in [0, 0.05) is 28.8 Å². The summed E-state index contributed by atoms with van der Waals surface area (Å²) in [6.07, 6.45) is -1.21. The highest BCUT2D eigenvalue weighted by atomic mass is 19.4. The van der Waals surface area contributed by atoms with E-state index in [2.05, 4.69) is 26.7 Å². The average Bonchev–Trinajstić information content (AvgIpc) is 3.87. The van der Waals surface area contributed by atoms with Crippen LogP contribution in [0, 0.1) is 5.92 Å². The Labute approximate surface area is 228 Å². The predicted molar refractivity (Wildman–Crippen MR) is 141 cm³/mol. The normalized spacial score (nSPS) is 17.7. The minimum Gasteiger partial charge on any atom is -0.481 e. The molecule has 2 aromatic carbocycles. The number of nitrogens with zero attached hydrogens (tertiary/aromatic N) is 2. The van der Waals surface area contributed by atoms with Crippen LogP contribution in [0.4, 0.5) is 18.9 Å². The lowest BCUT2D eigenvalue weighted by Crippen LogP contribution is -2.21. The second-order valence-electron chi connectivity index (χ2n) is 9.54. The summed E-state index contributed by atoms with van der Waals surface area (Å²) in [6.45, 7) is 1.13. The topological polar surface area (TPSA) is 123 Å². The molecule has 2 saturated carbocycles. The van der Waals surface area contributed by atoms with Crippen molar-refractivity contribution in [2.75, 3.05) is 26.1 Å². The standard InChI is InChI=1S/C26H28N4O3.C2HF3O2/c1-32-23-14-24(33-2)30-25(29-23)17-8-10-20(11-9-17)28-26(31)19-5-3-4-18(12-19)21-13-22(21)27-15-16-6-7-16;3-2(4,5)1(6)7/h3-5,8-12,14,16,21-22,27H,6-7,13,15H2,1-2H3,(H,28,31);(H,6,7)/t21-,22+;/m0./s1. The number of nitrogens with one attached hydrogen (secondary N) is 2. The van der Waals surface area contributed by atoms with Gasteiger partial charge in [0.2, 0.25) is 11.8 Å². The molecule has 2 aliphatic rings. The minimum atomic E-state index is -5.08. The Morgan fingerprint density at radius 2 is 1.62 bits per heavy atom. The Morgan fingerprint density at radius 1 is 1.00 bits per heavy atom. The zero-order valence-electron chi connectivity index (χ0n) is 21.9. The lowest BCUT2D eigenvalue weighted by molar-refractivity contribution is -0.192. The van der Waals surface area contributed by atoms with Gasteiger partial charge >= 0.3 is 12.1 Å². The molecule has 2 atom stereocenters. The minimum absolute atomic E-state index is 0.118. The number of carboxylic acids is 1. The smallest absolute Gasteiger partial charge is 0.481 e. The van der Waals surface area contributed by atoms with Crippen LogP contribution in [0.5, 0.6) is 11.8 Å². The Bertz CT molecular complexity index is 1320. The molecule has 9 nitrogen and oxygen atoms in total. The van der Waals surface area contributed by atoms with Gasteiger partial charge < -0.3 is 25.2 Å². The number of carbonyl (C=O) groups is 2. The first-order chi connectivity index (χ1) is 19.1. The predicted octanol–water partition coefficient (Wildman–Crippen LogP) is 4.90. The van der Waals surface area contributed by atoms with Crippen LogP contribution in [-0.4, -0.2) is 59.9 Å². The van der Waals surface area contributed by atoms with Crippen molar-refractivity contribution in [1.82, 2.24) is 15.3 Å². The molecule has 0 radical (unpaired) electrons. The molecule has 3 N–H and O–H groups in total. The fraction of sp³-hybridized carbons (Fsp3) is 0.357. The Kier molecular flexibility index (Phi) is 8.88. The second-order valence-corrected chi connectivity index (χ2v) is 9.54. The molecule has 2 fully saturated rings. The zero-order chi connectivity index (χ0) is 28.9. The number of halogens is 3.